The van der Waals surface area contributed by atoms with Crippen LogP contribution >= 0.6 is 0 Å². The Kier molecular flexibility index (Phi) is 3.56. The molecular formula is C18H20N8O. The minimum absolute atomic E-state index is 0.192. The van der Waals surface area contributed by atoms with Crippen molar-refractivity contribution in [2.75, 3.05) is 0 Å². The van der Waals surface area contributed by atoms with Gasteiger partial charge in [0.15, 0.2) is 5.82 Å². The summed E-state index contributed by atoms with van der Waals surface area (Å²) in [6.07, 6.45) is 9.26. The summed E-state index contributed by atoms with van der Waals surface area (Å²) in [6, 6.07) is 1.86. The van der Waals surface area contributed by atoms with Crippen LogP contribution < -0.4 is 5.56 Å². The average Bonchev–Trinajstić information content (AvgIpc) is 3.27. The highest BCUT2D eigenvalue weighted by atomic mass is 16.1. The molecule has 0 atom stereocenters. The van der Waals surface area contributed by atoms with Crippen LogP contribution in [0.2, 0.25) is 0 Å². The molecule has 1 aliphatic rings. The summed E-state index contributed by atoms with van der Waals surface area (Å²) < 4.78 is 4.87. The predicted octanol–water partition coefficient (Wildman–Crippen LogP) is 2.01. The first-order valence-electron chi connectivity index (χ1n) is 9.30. The van der Waals surface area contributed by atoms with Gasteiger partial charge in [0.1, 0.15) is 11.6 Å². The number of nitrogens with zero attached hydrogens (tertiary/aromatic N) is 8. The van der Waals surface area contributed by atoms with E-state index in [1.165, 1.54) is 23.9 Å². The minimum atomic E-state index is -0.192. The van der Waals surface area contributed by atoms with Crippen molar-refractivity contribution in [2.24, 2.45) is 0 Å². The maximum Gasteiger partial charge on any atom is 0.280 e. The number of fused-ring (bicyclic) bond motifs is 3. The van der Waals surface area contributed by atoms with Crippen molar-refractivity contribution in [1.29, 1.82) is 0 Å². The molecule has 0 amide bonds. The van der Waals surface area contributed by atoms with E-state index in [-0.39, 0.29) is 5.56 Å². The first-order chi connectivity index (χ1) is 13.1. The molecule has 0 bridgehead atoms. The molecule has 27 heavy (non-hydrogen) atoms. The number of hydrogen-bond acceptors (Lipinski definition) is 6. The molecule has 0 N–H and O–H groups in total. The van der Waals surface area contributed by atoms with Crippen LogP contribution in [0.4, 0.5) is 0 Å². The van der Waals surface area contributed by atoms with Gasteiger partial charge in [-0.25, -0.2) is 14.3 Å². The number of pyridine rings is 1. The van der Waals surface area contributed by atoms with Crippen molar-refractivity contribution in [3.8, 4) is 0 Å². The second-order valence-electron chi connectivity index (χ2n) is 7.15. The Balaban J connectivity index is 1.69. The smallest absolute Gasteiger partial charge is 0.267 e. The zero-order valence-corrected chi connectivity index (χ0v) is 15.3. The predicted molar refractivity (Wildman–Crippen MR) is 98.7 cm³/mol. The van der Waals surface area contributed by atoms with Gasteiger partial charge in [0.25, 0.3) is 11.3 Å². The largest absolute Gasteiger partial charge is 0.280 e. The van der Waals surface area contributed by atoms with Crippen molar-refractivity contribution in [3.63, 3.8) is 0 Å². The van der Waals surface area contributed by atoms with E-state index in [0.717, 1.165) is 18.7 Å². The molecule has 4 aromatic heterocycles. The van der Waals surface area contributed by atoms with Crippen molar-refractivity contribution < 1.29 is 0 Å². The zero-order chi connectivity index (χ0) is 18.5. The molecule has 0 saturated heterocycles. The van der Waals surface area contributed by atoms with E-state index in [1.807, 2.05) is 19.9 Å². The van der Waals surface area contributed by atoms with Gasteiger partial charge in [0.05, 0.1) is 10.9 Å². The summed E-state index contributed by atoms with van der Waals surface area (Å²) in [6.45, 7) is 3.62. The summed E-state index contributed by atoms with van der Waals surface area (Å²) in [5.74, 6) is 3.05. The third-order valence-corrected chi connectivity index (χ3v) is 5.37. The third kappa shape index (κ3) is 2.45. The van der Waals surface area contributed by atoms with Crippen LogP contribution in [0.5, 0.6) is 0 Å². The number of aryl methyl sites for hydroxylation is 2. The van der Waals surface area contributed by atoms with Crippen LogP contribution in [0.25, 0.3) is 16.7 Å². The van der Waals surface area contributed by atoms with E-state index >= 15 is 0 Å². The maximum absolute atomic E-state index is 13.1. The standard InChI is InChI=1S/C18H20N8O/c1-11-21-22-12(2)26(11)24-9-8-15-14(17(24)27)10-19-18-20-16(23-25(15)18)13-6-4-3-5-7-13/h8-10,13H,3-7H2,1-2H3. The van der Waals surface area contributed by atoms with Crippen molar-refractivity contribution in [3.05, 3.63) is 46.3 Å². The Bertz CT molecular complexity index is 1190. The Hall–Kier alpha value is -3.10. The Morgan fingerprint density at radius 2 is 1.81 bits per heavy atom. The summed E-state index contributed by atoms with van der Waals surface area (Å²) >= 11 is 0. The molecule has 9 nitrogen and oxygen atoms in total. The Morgan fingerprint density at radius 3 is 2.56 bits per heavy atom. The molecule has 9 heteroatoms. The third-order valence-electron chi connectivity index (χ3n) is 5.37. The first-order valence-corrected chi connectivity index (χ1v) is 9.30. The SMILES string of the molecule is Cc1nnc(C)n1-n1ccc2c(cnc3nc(C4CCCCC4)nn32)c1=O. The van der Waals surface area contributed by atoms with Crippen molar-refractivity contribution in [1.82, 2.24) is 39.1 Å². The molecule has 1 saturated carbocycles. The molecule has 0 unspecified atom stereocenters. The molecule has 4 aromatic rings. The van der Waals surface area contributed by atoms with Gasteiger partial charge in [0.2, 0.25) is 0 Å². The van der Waals surface area contributed by atoms with Crippen LogP contribution in [0.15, 0.2) is 23.3 Å². The lowest BCUT2D eigenvalue weighted by atomic mass is 9.89. The number of aromatic nitrogens is 8. The monoisotopic (exact) mass is 364 g/mol. The second-order valence-corrected chi connectivity index (χ2v) is 7.15. The quantitative estimate of drug-likeness (QED) is 0.540. The van der Waals surface area contributed by atoms with Crippen molar-refractivity contribution >= 4 is 16.7 Å². The maximum atomic E-state index is 13.1. The highest BCUT2D eigenvalue weighted by molar-refractivity contribution is 5.78. The Labute approximate surface area is 154 Å². The average molecular weight is 364 g/mol. The van der Waals surface area contributed by atoms with Gasteiger partial charge in [-0.1, -0.05) is 19.3 Å². The number of rotatable bonds is 2. The molecule has 4 heterocycles. The van der Waals surface area contributed by atoms with Crippen molar-refractivity contribution in [2.45, 2.75) is 51.9 Å². The molecule has 1 fully saturated rings. The van der Waals surface area contributed by atoms with Gasteiger partial charge in [-0.15, -0.1) is 15.3 Å². The molecular weight excluding hydrogens is 344 g/mol. The normalized spacial score (nSPS) is 15.8. The van der Waals surface area contributed by atoms with Gasteiger partial charge in [-0.2, -0.15) is 9.50 Å². The van der Waals surface area contributed by atoms with Gasteiger partial charge < -0.3 is 0 Å². The zero-order valence-electron chi connectivity index (χ0n) is 15.3. The summed E-state index contributed by atoms with van der Waals surface area (Å²) in [7, 11) is 0. The fourth-order valence-corrected chi connectivity index (χ4v) is 3.99. The lowest BCUT2D eigenvalue weighted by molar-refractivity contribution is 0.429. The first kappa shape index (κ1) is 16.1. The molecule has 0 aliphatic heterocycles. The van der Waals surface area contributed by atoms with E-state index in [4.69, 9.17) is 5.10 Å². The van der Waals surface area contributed by atoms with E-state index in [0.29, 0.717) is 34.2 Å². The molecule has 138 valence electrons. The highest BCUT2D eigenvalue weighted by Gasteiger charge is 2.21. The second kappa shape index (κ2) is 5.97. The van der Waals surface area contributed by atoms with Crippen LogP contribution in [-0.2, 0) is 0 Å². The van der Waals surface area contributed by atoms with Crippen LogP contribution in [0, 0.1) is 13.8 Å². The fourth-order valence-electron chi connectivity index (χ4n) is 3.99. The van der Waals surface area contributed by atoms with E-state index < -0.39 is 0 Å². The van der Waals surface area contributed by atoms with Crippen LogP contribution in [0.1, 0.15) is 55.5 Å². The summed E-state index contributed by atoms with van der Waals surface area (Å²) in [4.78, 5) is 22.1. The van der Waals surface area contributed by atoms with Gasteiger partial charge >= 0.3 is 0 Å². The highest BCUT2D eigenvalue weighted by Crippen LogP contribution is 2.31. The molecule has 0 aromatic carbocycles. The van der Waals surface area contributed by atoms with Gasteiger partial charge in [-0.05, 0) is 32.8 Å². The van der Waals surface area contributed by atoms with Gasteiger partial charge in [-0.3, -0.25) is 4.79 Å². The van der Waals surface area contributed by atoms with Crippen LogP contribution in [-0.4, -0.2) is 39.1 Å². The van der Waals surface area contributed by atoms with Crippen LogP contribution in [0.3, 0.4) is 0 Å². The summed E-state index contributed by atoms with van der Waals surface area (Å²) in [5.41, 5.74) is 0.516. The minimum Gasteiger partial charge on any atom is -0.267 e. The molecule has 0 radical (unpaired) electrons. The topological polar surface area (TPSA) is 95.8 Å². The molecule has 0 spiro atoms. The van der Waals surface area contributed by atoms with E-state index in [9.17, 15) is 4.79 Å². The number of hydrogen-bond donors (Lipinski definition) is 0. The van der Waals surface area contributed by atoms with E-state index in [2.05, 4.69) is 20.2 Å². The molecule has 5 rings (SSSR count). The lowest BCUT2D eigenvalue weighted by Gasteiger charge is -2.17. The Morgan fingerprint density at radius 1 is 1.07 bits per heavy atom. The lowest BCUT2D eigenvalue weighted by Crippen LogP contribution is -2.27. The van der Waals surface area contributed by atoms with E-state index in [1.54, 1.807) is 21.6 Å². The van der Waals surface area contributed by atoms with Gasteiger partial charge in [0, 0.05) is 18.3 Å². The molecule has 1 aliphatic carbocycles. The fraction of sp³-hybridized carbons (Fsp3) is 0.444. The summed E-state index contributed by atoms with van der Waals surface area (Å²) in [5, 5.41) is 13.2.